The monoisotopic (exact) mass is 202 g/mol. The predicted molar refractivity (Wildman–Crippen MR) is 51.5 cm³/mol. The van der Waals surface area contributed by atoms with Crippen LogP contribution in [0.1, 0.15) is 24.8 Å². The van der Waals surface area contributed by atoms with Crippen LogP contribution in [0.4, 0.5) is 4.39 Å². The van der Waals surface area contributed by atoms with E-state index in [4.69, 9.17) is 16.7 Å². The van der Waals surface area contributed by atoms with Gasteiger partial charge < -0.3 is 5.11 Å². The molecule has 0 heterocycles. The number of halogens is 2. The van der Waals surface area contributed by atoms with E-state index in [1.54, 1.807) is 12.1 Å². The lowest BCUT2D eigenvalue weighted by molar-refractivity contribution is 0.262. The Morgan fingerprint density at radius 3 is 2.69 bits per heavy atom. The Hall–Kier alpha value is -0.600. The molecule has 0 aromatic heterocycles. The van der Waals surface area contributed by atoms with Crippen LogP contribution in [0, 0.1) is 5.82 Å². The minimum Gasteiger partial charge on any atom is -0.396 e. The molecule has 1 atom stereocenters. The Bertz CT molecular complexity index is 284. The van der Waals surface area contributed by atoms with Gasteiger partial charge in [0.15, 0.2) is 0 Å². The van der Waals surface area contributed by atoms with Crippen LogP contribution in [0.15, 0.2) is 18.2 Å². The first-order chi connectivity index (χ1) is 6.19. The minimum atomic E-state index is -0.418. The molecule has 0 spiro atoms. The molecule has 1 N–H and O–H groups in total. The molecule has 0 saturated heterocycles. The summed E-state index contributed by atoms with van der Waals surface area (Å²) in [5, 5.41) is 9.12. The fraction of sp³-hybridized carbons (Fsp3) is 0.400. The maximum absolute atomic E-state index is 12.8. The minimum absolute atomic E-state index is 0.0538. The number of aliphatic hydroxyl groups excluding tert-OH is 1. The fourth-order valence-corrected chi connectivity index (χ4v) is 1.43. The van der Waals surface area contributed by atoms with Crippen molar-refractivity contribution >= 4 is 11.6 Å². The molecule has 0 amide bonds. The zero-order valence-electron chi connectivity index (χ0n) is 7.43. The third-order valence-corrected chi connectivity index (χ3v) is 2.42. The number of aliphatic hydroxyl groups is 1. The molecule has 0 aliphatic heterocycles. The van der Waals surface area contributed by atoms with Crippen molar-refractivity contribution in [3.05, 3.63) is 34.6 Å². The van der Waals surface area contributed by atoms with Gasteiger partial charge in [0, 0.05) is 12.5 Å². The van der Waals surface area contributed by atoms with Gasteiger partial charge in [-0.3, -0.25) is 0 Å². The maximum Gasteiger partial charge on any atom is 0.141 e. The summed E-state index contributed by atoms with van der Waals surface area (Å²) in [7, 11) is 0. The van der Waals surface area contributed by atoms with Crippen molar-refractivity contribution in [2.45, 2.75) is 19.3 Å². The van der Waals surface area contributed by atoms with E-state index in [2.05, 4.69) is 0 Å². The third kappa shape index (κ3) is 2.42. The summed E-state index contributed by atoms with van der Waals surface area (Å²) < 4.78 is 12.8. The quantitative estimate of drug-likeness (QED) is 0.799. The van der Waals surface area contributed by atoms with Gasteiger partial charge in [-0.05, 0) is 24.1 Å². The van der Waals surface area contributed by atoms with Gasteiger partial charge in [0.05, 0.1) is 5.02 Å². The number of benzene rings is 1. The Morgan fingerprint density at radius 2 is 2.23 bits per heavy atom. The van der Waals surface area contributed by atoms with Crippen LogP contribution in [0.3, 0.4) is 0 Å². The first-order valence-electron chi connectivity index (χ1n) is 4.24. The van der Waals surface area contributed by atoms with Crippen molar-refractivity contribution in [2.75, 3.05) is 6.61 Å². The molecule has 0 radical (unpaired) electrons. The standard InChI is InChI=1S/C10H12ClFO/c1-2-7(6-13)8-3-4-10(12)9(11)5-8/h3-5,7,13H,2,6H2,1H3/t7-/m1/s1. The zero-order valence-corrected chi connectivity index (χ0v) is 8.18. The maximum atomic E-state index is 12.8. The second-order valence-corrected chi connectivity index (χ2v) is 3.37. The molecule has 0 aliphatic rings. The third-order valence-electron chi connectivity index (χ3n) is 2.13. The summed E-state index contributed by atoms with van der Waals surface area (Å²) in [6, 6.07) is 4.56. The smallest absolute Gasteiger partial charge is 0.141 e. The molecule has 0 aliphatic carbocycles. The molecule has 1 rings (SSSR count). The fourth-order valence-electron chi connectivity index (χ4n) is 1.24. The Morgan fingerprint density at radius 1 is 1.54 bits per heavy atom. The van der Waals surface area contributed by atoms with Crippen molar-refractivity contribution in [2.24, 2.45) is 0 Å². The topological polar surface area (TPSA) is 20.2 Å². The van der Waals surface area contributed by atoms with E-state index in [1.165, 1.54) is 6.07 Å². The van der Waals surface area contributed by atoms with E-state index in [9.17, 15) is 4.39 Å². The van der Waals surface area contributed by atoms with Crippen molar-refractivity contribution in [3.63, 3.8) is 0 Å². The highest BCUT2D eigenvalue weighted by atomic mass is 35.5. The molecular weight excluding hydrogens is 191 g/mol. The van der Waals surface area contributed by atoms with Crippen LogP contribution in [0.2, 0.25) is 5.02 Å². The van der Waals surface area contributed by atoms with E-state index in [0.29, 0.717) is 0 Å². The normalized spacial score (nSPS) is 12.9. The Balaban J connectivity index is 2.95. The van der Waals surface area contributed by atoms with E-state index in [1.807, 2.05) is 6.92 Å². The zero-order chi connectivity index (χ0) is 9.84. The summed E-state index contributed by atoms with van der Waals surface area (Å²) >= 11 is 5.62. The summed E-state index contributed by atoms with van der Waals surface area (Å²) in [6.45, 7) is 2.04. The molecule has 1 aromatic rings. The largest absolute Gasteiger partial charge is 0.396 e. The molecular formula is C10H12ClFO. The lowest BCUT2D eigenvalue weighted by atomic mass is 9.97. The van der Waals surface area contributed by atoms with Crippen LogP contribution in [0.25, 0.3) is 0 Å². The SMILES string of the molecule is CC[C@H](CO)c1ccc(F)c(Cl)c1. The summed E-state index contributed by atoms with van der Waals surface area (Å²) in [4.78, 5) is 0. The molecule has 1 aromatic carbocycles. The second kappa shape index (κ2) is 4.58. The van der Waals surface area contributed by atoms with Gasteiger partial charge in [-0.15, -0.1) is 0 Å². The predicted octanol–water partition coefficient (Wildman–Crippen LogP) is 2.97. The first kappa shape index (κ1) is 10.5. The van der Waals surface area contributed by atoms with Crippen molar-refractivity contribution in [1.82, 2.24) is 0 Å². The van der Waals surface area contributed by atoms with E-state index >= 15 is 0 Å². The molecule has 72 valence electrons. The van der Waals surface area contributed by atoms with Gasteiger partial charge in [-0.25, -0.2) is 4.39 Å². The molecule has 1 nitrogen and oxygen atoms in total. The average molecular weight is 203 g/mol. The first-order valence-corrected chi connectivity index (χ1v) is 4.62. The van der Waals surface area contributed by atoms with Crippen molar-refractivity contribution < 1.29 is 9.50 Å². The highest BCUT2D eigenvalue weighted by Gasteiger charge is 2.09. The van der Waals surface area contributed by atoms with Gasteiger partial charge in [0.25, 0.3) is 0 Å². The van der Waals surface area contributed by atoms with Crippen LogP contribution < -0.4 is 0 Å². The molecule has 13 heavy (non-hydrogen) atoms. The number of hydrogen-bond acceptors (Lipinski definition) is 1. The van der Waals surface area contributed by atoms with Crippen LogP contribution in [0.5, 0.6) is 0 Å². The highest BCUT2D eigenvalue weighted by Crippen LogP contribution is 2.23. The summed E-state index contributed by atoms with van der Waals surface area (Å²) in [6.07, 6.45) is 0.818. The van der Waals surface area contributed by atoms with Crippen LogP contribution in [-0.4, -0.2) is 11.7 Å². The van der Waals surface area contributed by atoms with E-state index in [0.717, 1.165) is 12.0 Å². The van der Waals surface area contributed by atoms with E-state index < -0.39 is 5.82 Å². The summed E-state index contributed by atoms with van der Waals surface area (Å²) in [5.74, 6) is -0.365. The second-order valence-electron chi connectivity index (χ2n) is 2.96. The van der Waals surface area contributed by atoms with Crippen molar-refractivity contribution in [3.8, 4) is 0 Å². The lowest BCUT2D eigenvalue weighted by Crippen LogP contribution is -2.02. The number of rotatable bonds is 3. The lowest BCUT2D eigenvalue weighted by Gasteiger charge is -2.11. The van der Waals surface area contributed by atoms with E-state index in [-0.39, 0.29) is 17.5 Å². The van der Waals surface area contributed by atoms with Gasteiger partial charge in [-0.1, -0.05) is 24.6 Å². The summed E-state index contributed by atoms with van der Waals surface area (Å²) in [5.41, 5.74) is 0.886. The average Bonchev–Trinajstić information content (AvgIpc) is 2.13. The van der Waals surface area contributed by atoms with Gasteiger partial charge in [0.2, 0.25) is 0 Å². The highest BCUT2D eigenvalue weighted by molar-refractivity contribution is 6.30. The molecule has 0 saturated carbocycles. The van der Waals surface area contributed by atoms with Crippen LogP contribution >= 0.6 is 11.6 Å². The van der Waals surface area contributed by atoms with Gasteiger partial charge >= 0.3 is 0 Å². The molecule has 0 unspecified atom stereocenters. The van der Waals surface area contributed by atoms with Crippen LogP contribution in [-0.2, 0) is 0 Å². The Labute approximate surface area is 82.2 Å². The van der Waals surface area contributed by atoms with Gasteiger partial charge in [0.1, 0.15) is 5.82 Å². The van der Waals surface area contributed by atoms with Crippen molar-refractivity contribution in [1.29, 1.82) is 0 Å². The molecule has 0 fully saturated rings. The molecule has 0 bridgehead atoms. The molecule has 3 heteroatoms. The number of hydrogen-bond donors (Lipinski definition) is 1. The Kier molecular flexibility index (Phi) is 3.70. The van der Waals surface area contributed by atoms with Gasteiger partial charge in [-0.2, -0.15) is 0 Å².